The lowest BCUT2D eigenvalue weighted by Gasteiger charge is -2.25. The molecule has 2 amide bonds. The van der Waals surface area contributed by atoms with Crippen molar-refractivity contribution >= 4 is 22.8 Å². The Balaban J connectivity index is 1.78. The van der Waals surface area contributed by atoms with Gasteiger partial charge in [-0.2, -0.15) is 0 Å². The topological polar surface area (TPSA) is 75.4 Å². The Labute approximate surface area is 135 Å². The van der Waals surface area contributed by atoms with Gasteiger partial charge in [0.2, 0.25) is 11.8 Å². The van der Waals surface area contributed by atoms with Gasteiger partial charge in [-0.05, 0) is 32.4 Å². The number of nitrogens with one attached hydrogen (secondary N) is 1. The minimum atomic E-state index is -0.0945. The summed E-state index contributed by atoms with van der Waals surface area (Å²) in [4.78, 5) is 25.3. The summed E-state index contributed by atoms with van der Waals surface area (Å²) in [6.07, 6.45) is 0.917. The molecule has 23 heavy (non-hydrogen) atoms. The average Bonchev–Trinajstić information content (AvgIpc) is 2.89. The first kappa shape index (κ1) is 17.0. The second kappa shape index (κ2) is 7.76. The minimum absolute atomic E-state index is 0.0559. The van der Waals surface area contributed by atoms with E-state index in [9.17, 15) is 9.59 Å². The van der Waals surface area contributed by atoms with E-state index in [1.54, 1.807) is 11.8 Å². The maximum absolute atomic E-state index is 12.0. The summed E-state index contributed by atoms with van der Waals surface area (Å²) in [5, 5.41) is 7.68. The van der Waals surface area contributed by atoms with E-state index in [2.05, 4.69) is 10.5 Å². The monoisotopic (exact) mass is 317 g/mol. The lowest BCUT2D eigenvalue weighted by Crippen LogP contribution is -2.37. The molecule has 0 aliphatic heterocycles. The van der Waals surface area contributed by atoms with Gasteiger partial charge in [0.1, 0.15) is 5.69 Å². The van der Waals surface area contributed by atoms with Gasteiger partial charge in [0.15, 0.2) is 5.58 Å². The lowest BCUT2D eigenvalue weighted by atomic mass is 10.1. The van der Waals surface area contributed by atoms with E-state index in [0.29, 0.717) is 24.4 Å². The van der Waals surface area contributed by atoms with Crippen molar-refractivity contribution in [2.75, 3.05) is 13.1 Å². The number of benzene rings is 1. The number of aromatic nitrogens is 1. The molecule has 1 heterocycles. The van der Waals surface area contributed by atoms with E-state index in [4.69, 9.17) is 4.52 Å². The molecule has 1 N–H and O–H groups in total. The first-order valence-electron chi connectivity index (χ1n) is 7.86. The molecular weight excluding hydrogens is 294 g/mol. The van der Waals surface area contributed by atoms with Crippen LogP contribution in [0.1, 0.15) is 32.9 Å². The van der Waals surface area contributed by atoms with E-state index in [-0.39, 0.29) is 24.3 Å². The van der Waals surface area contributed by atoms with Crippen LogP contribution < -0.4 is 5.32 Å². The largest absolute Gasteiger partial charge is 0.356 e. The Bertz CT molecular complexity index is 679. The fourth-order valence-corrected chi connectivity index (χ4v) is 2.54. The molecule has 1 aromatic carbocycles. The Morgan fingerprint density at radius 3 is 2.74 bits per heavy atom. The van der Waals surface area contributed by atoms with Crippen molar-refractivity contribution in [3.05, 3.63) is 30.0 Å². The lowest BCUT2D eigenvalue weighted by molar-refractivity contribution is -0.130. The quantitative estimate of drug-likeness (QED) is 0.794. The third-order valence-corrected chi connectivity index (χ3v) is 3.71. The normalized spacial score (nSPS) is 11.0. The Hall–Kier alpha value is -2.37. The standard InChI is InChI=1S/C17H23N3O3/c1-12(2)20(13(3)21)10-6-9-18-17(22)11-15-14-7-4-5-8-16(14)23-19-15/h4-5,7-8,12H,6,9-11H2,1-3H3,(H,18,22). The van der Waals surface area contributed by atoms with Gasteiger partial charge in [-0.15, -0.1) is 0 Å². The zero-order valence-electron chi connectivity index (χ0n) is 13.8. The van der Waals surface area contributed by atoms with E-state index in [1.807, 2.05) is 38.1 Å². The summed E-state index contributed by atoms with van der Waals surface area (Å²) in [6, 6.07) is 7.65. The van der Waals surface area contributed by atoms with Crippen LogP contribution in [0.4, 0.5) is 0 Å². The number of carbonyl (C=O) groups excluding carboxylic acids is 2. The molecule has 0 spiro atoms. The van der Waals surface area contributed by atoms with Crippen LogP contribution in [0.5, 0.6) is 0 Å². The van der Waals surface area contributed by atoms with Crippen LogP contribution in [-0.2, 0) is 16.0 Å². The molecule has 0 unspecified atom stereocenters. The Morgan fingerprint density at radius 1 is 1.30 bits per heavy atom. The average molecular weight is 317 g/mol. The van der Waals surface area contributed by atoms with E-state index >= 15 is 0 Å². The molecule has 6 nitrogen and oxygen atoms in total. The Morgan fingerprint density at radius 2 is 2.04 bits per heavy atom. The number of rotatable bonds is 7. The smallest absolute Gasteiger partial charge is 0.226 e. The minimum Gasteiger partial charge on any atom is -0.356 e. The van der Waals surface area contributed by atoms with Crippen molar-refractivity contribution in [1.82, 2.24) is 15.4 Å². The van der Waals surface area contributed by atoms with E-state index in [1.165, 1.54) is 0 Å². The third kappa shape index (κ3) is 4.55. The highest BCUT2D eigenvalue weighted by molar-refractivity contribution is 5.86. The molecule has 0 aliphatic rings. The van der Waals surface area contributed by atoms with Crippen molar-refractivity contribution in [3.8, 4) is 0 Å². The second-order valence-corrected chi connectivity index (χ2v) is 5.81. The van der Waals surface area contributed by atoms with Crippen LogP contribution in [0, 0.1) is 0 Å². The zero-order chi connectivity index (χ0) is 16.8. The molecule has 6 heteroatoms. The van der Waals surface area contributed by atoms with Gasteiger partial charge in [0.25, 0.3) is 0 Å². The SMILES string of the molecule is CC(=O)N(CCCNC(=O)Cc1noc2ccccc12)C(C)C. The molecule has 0 saturated carbocycles. The number of amides is 2. The number of hydrogen-bond donors (Lipinski definition) is 1. The predicted octanol–water partition coefficient (Wildman–Crippen LogP) is 2.13. The molecule has 0 radical (unpaired) electrons. The van der Waals surface area contributed by atoms with Crippen LogP contribution in [0.25, 0.3) is 11.0 Å². The van der Waals surface area contributed by atoms with Gasteiger partial charge in [0.05, 0.1) is 6.42 Å². The summed E-state index contributed by atoms with van der Waals surface area (Å²) < 4.78 is 5.19. The molecule has 0 saturated heterocycles. The van der Waals surface area contributed by atoms with Crippen LogP contribution in [-0.4, -0.2) is 41.0 Å². The first-order valence-corrected chi connectivity index (χ1v) is 7.86. The molecular formula is C17H23N3O3. The van der Waals surface area contributed by atoms with Crippen LogP contribution in [0.3, 0.4) is 0 Å². The van der Waals surface area contributed by atoms with Gasteiger partial charge >= 0.3 is 0 Å². The van der Waals surface area contributed by atoms with Crippen molar-refractivity contribution in [1.29, 1.82) is 0 Å². The van der Waals surface area contributed by atoms with Gasteiger partial charge in [-0.1, -0.05) is 17.3 Å². The summed E-state index contributed by atoms with van der Waals surface area (Å²) in [5.41, 5.74) is 1.33. The molecule has 0 fully saturated rings. The van der Waals surface area contributed by atoms with Crippen LogP contribution in [0.15, 0.2) is 28.8 Å². The zero-order valence-corrected chi connectivity index (χ0v) is 13.8. The molecule has 0 aliphatic carbocycles. The number of carbonyl (C=O) groups is 2. The van der Waals surface area contributed by atoms with Gasteiger partial charge in [0, 0.05) is 31.4 Å². The number of hydrogen-bond acceptors (Lipinski definition) is 4. The maximum atomic E-state index is 12.0. The first-order chi connectivity index (χ1) is 11.0. The highest BCUT2D eigenvalue weighted by atomic mass is 16.5. The van der Waals surface area contributed by atoms with Crippen molar-refractivity contribution in [3.63, 3.8) is 0 Å². The maximum Gasteiger partial charge on any atom is 0.226 e. The second-order valence-electron chi connectivity index (χ2n) is 5.81. The van der Waals surface area contributed by atoms with Crippen LogP contribution in [0.2, 0.25) is 0 Å². The molecule has 0 atom stereocenters. The highest BCUT2D eigenvalue weighted by Crippen LogP contribution is 2.17. The van der Waals surface area contributed by atoms with Gasteiger partial charge < -0.3 is 14.7 Å². The Kier molecular flexibility index (Phi) is 5.73. The molecule has 1 aromatic heterocycles. The van der Waals surface area contributed by atoms with E-state index in [0.717, 1.165) is 11.8 Å². The summed E-state index contributed by atoms with van der Waals surface area (Å²) in [6.45, 7) is 6.70. The van der Waals surface area contributed by atoms with Gasteiger partial charge in [-0.3, -0.25) is 9.59 Å². The molecule has 0 bridgehead atoms. The number of fused-ring (bicyclic) bond motifs is 1. The van der Waals surface area contributed by atoms with Crippen LogP contribution >= 0.6 is 0 Å². The van der Waals surface area contributed by atoms with Crippen molar-refractivity contribution in [2.45, 2.75) is 39.7 Å². The molecule has 2 aromatic rings. The summed E-state index contributed by atoms with van der Waals surface area (Å²) in [7, 11) is 0. The number of nitrogens with zero attached hydrogens (tertiary/aromatic N) is 2. The fourth-order valence-electron chi connectivity index (χ4n) is 2.54. The number of para-hydroxylation sites is 1. The third-order valence-electron chi connectivity index (χ3n) is 3.71. The fraction of sp³-hybridized carbons (Fsp3) is 0.471. The van der Waals surface area contributed by atoms with Gasteiger partial charge in [-0.25, -0.2) is 0 Å². The van der Waals surface area contributed by atoms with E-state index < -0.39 is 0 Å². The summed E-state index contributed by atoms with van der Waals surface area (Å²) in [5.74, 6) is -0.0385. The predicted molar refractivity (Wildman–Crippen MR) is 87.9 cm³/mol. The van der Waals surface area contributed by atoms with Crippen molar-refractivity contribution in [2.24, 2.45) is 0 Å². The molecule has 124 valence electrons. The van der Waals surface area contributed by atoms with Crippen molar-refractivity contribution < 1.29 is 14.1 Å². The highest BCUT2D eigenvalue weighted by Gasteiger charge is 2.13. The summed E-state index contributed by atoms with van der Waals surface area (Å²) >= 11 is 0. The molecule has 2 rings (SSSR count).